The van der Waals surface area contributed by atoms with Gasteiger partial charge >= 0.3 is 0 Å². The van der Waals surface area contributed by atoms with Gasteiger partial charge in [-0.05, 0) is 62.7 Å². The molecule has 1 amide bonds. The van der Waals surface area contributed by atoms with Gasteiger partial charge in [-0.1, -0.05) is 34.7 Å². The quantitative estimate of drug-likeness (QED) is 0.546. The highest BCUT2D eigenvalue weighted by atomic mass is 35.5. The third kappa shape index (κ3) is 4.20. The molecule has 8 heteroatoms. The van der Waals surface area contributed by atoms with Crippen LogP contribution in [0.2, 0.25) is 5.02 Å². The molecule has 0 N–H and O–H groups in total. The van der Waals surface area contributed by atoms with Gasteiger partial charge < -0.3 is 4.90 Å². The molecule has 0 bridgehead atoms. The Kier molecular flexibility index (Phi) is 5.97. The number of likely N-dealkylation sites (tertiary alicyclic amines) is 1. The Hall–Kier alpha value is -0.890. The summed E-state index contributed by atoms with van der Waals surface area (Å²) in [6.07, 6.45) is 3.41. The van der Waals surface area contributed by atoms with E-state index in [-0.39, 0.29) is 5.91 Å². The van der Waals surface area contributed by atoms with Crippen LogP contribution < -0.4 is 0 Å². The van der Waals surface area contributed by atoms with Crippen LogP contribution in [-0.4, -0.2) is 38.9 Å². The second-order valence-corrected chi connectivity index (χ2v) is 9.02. The van der Waals surface area contributed by atoms with E-state index in [0.29, 0.717) is 20.8 Å². The van der Waals surface area contributed by atoms with E-state index in [4.69, 9.17) is 23.8 Å². The molecule has 0 spiro atoms. The lowest BCUT2D eigenvalue weighted by atomic mass is 10.0. The molecule has 128 valence electrons. The first kappa shape index (κ1) is 17.9. The van der Waals surface area contributed by atoms with Crippen molar-refractivity contribution in [2.75, 3.05) is 12.3 Å². The number of carbonyl (C=O) groups is 1. The lowest BCUT2D eigenvalue weighted by molar-refractivity contribution is -0.131. The highest BCUT2D eigenvalue weighted by Gasteiger charge is 2.23. The van der Waals surface area contributed by atoms with Crippen LogP contribution in [0.4, 0.5) is 0 Å². The zero-order valence-corrected chi connectivity index (χ0v) is 16.5. The average Bonchev–Trinajstić information content (AvgIpc) is 2.95. The molecule has 4 nitrogen and oxygen atoms in total. The molecule has 1 atom stereocenters. The Morgan fingerprint density at radius 1 is 1.42 bits per heavy atom. The summed E-state index contributed by atoms with van der Waals surface area (Å²) in [6, 6.07) is 7.73. The van der Waals surface area contributed by atoms with Gasteiger partial charge in [-0.2, -0.15) is 0 Å². The highest BCUT2D eigenvalue weighted by Crippen LogP contribution is 2.26. The minimum absolute atomic E-state index is 0.186. The Morgan fingerprint density at radius 3 is 2.88 bits per heavy atom. The monoisotopic (exact) mass is 399 g/mol. The smallest absolute Gasteiger partial charge is 0.233 e. The van der Waals surface area contributed by atoms with Gasteiger partial charge in [-0.15, -0.1) is 5.10 Å². The van der Waals surface area contributed by atoms with Crippen LogP contribution in [-0.2, 0) is 4.79 Å². The van der Waals surface area contributed by atoms with Gasteiger partial charge in [0.2, 0.25) is 5.91 Å². The number of thioether (sulfide) groups is 1. The van der Waals surface area contributed by atoms with E-state index in [1.54, 1.807) is 4.68 Å². The molecule has 3 rings (SSSR count). The van der Waals surface area contributed by atoms with Crippen LogP contribution in [0.25, 0.3) is 5.69 Å². The van der Waals surface area contributed by atoms with E-state index in [9.17, 15) is 4.79 Å². The lowest BCUT2D eigenvalue weighted by Gasteiger charge is -2.33. The van der Waals surface area contributed by atoms with Gasteiger partial charge in [0, 0.05) is 17.6 Å². The molecule has 2 heterocycles. The summed E-state index contributed by atoms with van der Waals surface area (Å²) in [5, 5.41) is 5.20. The standard InChI is InChI=1S/C16H18ClN3OS3/c1-11-4-2-3-9-19(11)14(21)10-23-15-18-20(16(22)24-15)13-7-5-12(17)6-8-13/h5-8,11H,2-4,9-10H2,1H3/t11-/m1/s1. The number of benzene rings is 1. The number of halogens is 1. The number of amides is 1. The van der Waals surface area contributed by atoms with Crippen LogP contribution in [0.15, 0.2) is 28.6 Å². The summed E-state index contributed by atoms with van der Waals surface area (Å²) < 4.78 is 3.19. The average molecular weight is 400 g/mol. The SMILES string of the molecule is C[C@@H]1CCCCN1C(=O)CSc1nn(-c2ccc(Cl)cc2)c(=S)s1. The summed E-state index contributed by atoms with van der Waals surface area (Å²) >= 11 is 14.2. The molecule has 1 saturated heterocycles. The zero-order valence-electron chi connectivity index (χ0n) is 13.3. The maximum Gasteiger partial charge on any atom is 0.233 e. The van der Waals surface area contributed by atoms with Crippen molar-refractivity contribution in [3.8, 4) is 5.69 Å². The third-order valence-corrected chi connectivity index (χ3v) is 6.65. The van der Waals surface area contributed by atoms with E-state index in [0.717, 1.165) is 29.4 Å². The number of hydrogen-bond acceptors (Lipinski definition) is 5. The topological polar surface area (TPSA) is 38.1 Å². The Bertz CT molecular complexity index is 772. The molecular formula is C16H18ClN3OS3. The number of hydrogen-bond donors (Lipinski definition) is 0. The maximum absolute atomic E-state index is 12.4. The lowest BCUT2D eigenvalue weighted by Crippen LogP contribution is -2.42. The fourth-order valence-electron chi connectivity index (χ4n) is 2.74. The Labute approximate surface area is 159 Å². The number of nitrogens with zero attached hydrogens (tertiary/aromatic N) is 3. The molecule has 1 aliphatic heterocycles. The second-order valence-electron chi connectivity index (χ2n) is 5.74. The molecular weight excluding hydrogens is 382 g/mol. The molecule has 1 aliphatic rings. The minimum Gasteiger partial charge on any atom is -0.339 e. The molecule has 1 aromatic heterocycles. The summed E-state index contributed by atoms with van der Waals surface area (Å²) in [5.41, 5.74) is 0.878. The van der Waals surface area contributed by atoms with Crippen LogP contribution >= 0.6 is 46.9 Å². The fourth-order valence-corrected chi connectivity index (χ4v) is 5.11. The molecule has 1 aromatic carbocycles. The molecule has 0 radical (unpaired) electrons. The van der Waals surface area contributed by atoms with Crippen molar-refractivity contribution >= 4 is 52.8 Å². The zero-order chi connectivity index (χ0) is 17.1. The third-order valence-electron chi connectivity index (χ3n) is 4.04. The Balaban J connectivity index is 1.66. The highest BCUT2D eigenvalue weighted by molar-refractivity contribution is 8.01. The van der Waals surface area contributed by atoms with E-state index < -0.39 is 0 Å². The minimum atomic E-state index is 0.186. The predicted molar refractivity (Wildman–Crippen MR) is 103 cm³/mol. The Morgan fingerprint density at radius 2 is 2.17 bits per heavy atom. The molecule has 1 fully saturated rings. The van der Waals surface area contributed by atoms with Gasteiger partial charge in [-0.25, -0.2) is 4.68 Å². The van der Waals surface area contributed by atoms with Crippen molar-refractivity contribution in [2.45, 2.75) is 36.6 Å². The molecule has 0 aliphatic carbocycles. The number of rotatable bonds is 4. The van der Waals surface area contributed by atoms with Gasteiger partial charge in [0.05, 0.1) is 11.4 Å². The van der Waals surface area contributed by atoms with E-state index in [1.165, 1.54) is 29.5 Å². The maximum atomic E-state index is 12.4. The van der Waals surface area contributed by atoms with Crippen molar-refractivity contribution in [3.05, 3.63) is 33.2 Å². The number of aromatic nitrogens is 2. The number of piperidine rings is 1. The predicted octanol–water partition coefficient (Wildman–Crippen LogP) is 4.81. The van der Waals surface area contributed by atoms with E-state index in [2.05, 4.69) is 12.0 Å². The van der Waals surface area contributed by atoms with E-state index >= 15 is 0 Å². The van der Waals surface area contributed by atoms with Crippen molar-refractivity contribution < 1.29 is 4.79 Å². The van der Waals surface area contributed by atoms with Gasteiger partial charge in [0.1, 0.15) is 0 Å². The van der Waals surface area contributed by atoms with Crippen LogP contribution in [0.5, 0.6) is 0 Å². The summed E-state index contributed by atoms with van der Waals surface area (Å²) in [5.74, 6) is 0.596. The van der Waals surface area contributed by atoms with Crippen LogP contribution in [0.3, 0.4) is 0 Å². The van der Waals surface area contributed by atoms with Crippen LogP contribution in [0, 0.1) is 3.95 Å². The van der Waals surface area contributed by atoms with Crippen LogP contribution in [0.1, 0.15) is 26.2 Å². The first-order valence-corrected chi connectivity index (χ1v) is 10.4. The van der Waals surface area contributed by atoms with Crippen molar-refractivity contribution in [2.24, 2.45) is 0 Å². The molecule has 0 saturated carbocycles. The summed E-state index contributed by atoms with van der Waals surface area (Å²) in [6.45, 7) is 3.00. The first-order chi connectivity index (χ1) is 11.5. The molecule has 0 unspecified atom stereocenters. The van der Waals surface area contributed by atoms with Crippen molar-refractivity contribution in [1.82, 2.24) is 14.7 Å². The normalized spacial score (nSPS) is 17.9. The summed E-state index contributed by atoms with van der Waals surface area (Å²) in [7, 11) is 0. The number of carbonyl (C=O) groups excluding carboxylic acids is 1. The van der Waals surface area contributed by atoms with Crippen molar-refractivity contribution in [3.63, 3.8) is 0 Å². The van der Waals surface area contributed by atoms with Crippen molar-refractivity contribution in [1.29, 1.82) is 0 Å². The molecule has 2 aromatic rings. The van der Waals surface area contributed by atoms with Gasteiger partial charge in [0.25, 0.3) is 0 Å². The van der Waals surface area contributed by atoms with Gasteiger partial charge in [-0.3, -0.25) is 4.79 Å². The second kappa shape index (κ2) is 7.99. The molecule has 24 heavy (non-hydrogen) atoms. The fraction of sp³-hybridized carbons (Fsp3) is 0.438. The summed E-state index contributed by atoms with van der Waals surface area (Å²) in [4.78, 5) is 14.4. The van der Waals surface area contributed by atoms with E-state index in [1.807, 2.05) is 29.2 Å². The van der Waals surface area contributed by atoms with Gasteiger partial charge in [0.15, 0.2) is 8.29 Å². The largest absolute Gasteiger partial charge is 0.339 e. The first-order valence-electron chi connectivity index (χ1n) is 7.83.